The summed E-state index contributed by atoms with van der Waals surface area (Å²) in [7, 11) is 1.34. The van der Waals surface area contributed by atoms with Gasteiger partial charge in [0.05, 0.1) is 19.3 Å². The molecule has 1 unspecified atom stereocenters. The lowest BCUT2D eigenvalue weighted by atomic mass is 9.98. The smallest absolute Gasteiger partial charge is 0.351 e. The Hall–Kier alpha value is -1.60. The van der Waals surface area contributed by atoms with Crippen LogP contribution in [0.2, 0.25) is 5.15 Å². The largest absolute Gasteiger partial charge is 0.465 e. The number of halogens is 1. The van der Waals surface area contributed by atoms with Crippen LogP contribution in [0.5, 0.6) is 0 Å². The first-order chi connectivity index (χ1) is 10.2. The summed E-state index contributed by atoms with van der Waals surface area (Å²) >= 11 is 7.34. The second-order valence-corrected chi connectivity index (χ2v) is 6.18. The van der Waals surface area contributed by atoms with Crippen molar-refractivity contribution in [1.82, 2.24) is 15.2 Å². The summed E-state index contributed by atoms with van der Waals surface area (Å²) in [5, 5.41) is 7.83. The van der Waals surface area contributed by atoms with Crippen LogP contribution in [-0.2, 0) is 4.74 Å². The van der Waals surface area contributed by atoms with Gasteiger partial charge in [-0.05, 0) is 19.3 Å². The number of thiazole rings is 1. The third-order valence-electron chi connectivity index (χ3n) is 3.60. The van der Waals surface area contributed by atoms with E-state index in [4.69, 9.17) is 16.3 Å². The number of H-pyrrole nitrogens is 1. The minimum atomic E-state index is -0.444. The van der Waals surface area contributed by atoms with Crippen molar-refractivity contribution in [3.05, 3.63) is 28.0 Å². The van der Waals surface area contributed by atoms with Gasteiger partial charge in [0.25, 0.3) is 0 Å². The summed E-state index contributed by atoms with van der Waals surface area (Å²) in [5.41, 5.74) is 1.13. The number of carbonyl (C=O) groups excluding carboxylic acids is 1. The third kappa shape index (κ3) is 2.75. The number of aromatic nitrogens is 3. The SMILES string of the molecule is COC(=O)c1sc(N2CCCCC2c2cn[nH]c2)nc1Cl. The van der Waals surface area contributed by atoms with Crippen molar-refractivity contribution in [2.45, 2.75) is 25.3 Å². The van der Waals surface area contributed by atoms with E-state index < -0.39 is 5.97 Å². The number of piperidine rings is 1. The van der Waals surface area contributed by atoms with Crippen LogP contribution in [0, 0.1) is 0 Å². The zero-order valence-corrected chi connectivity index (χ0v) is 13.1. The molecule has 2 aromatic heterocycles. The van der Waals surface area contributed by atoms with Gasteiger partial charge in [0.2, 0.25) is 0 Å². The van der Waals surface area contributed by atoms with Crippen molar-refractivity contribution < 1.29 is 9.53 Å². The number of esters is 1. The minimum Gasteiger partial charge on any atom is -0.465 e. The van der Waals surface area contributed by atoms with Gasteiger partial charge in [-0.2, -0.15) is 5.10 Å². The molecular weight excluding hydrogens is 312 g/mol. The van der Waals surface area contributed by atoms with Gasteiger partial charge in [0.15, 0.2) is 15.2 Å². The van der Waals surface area contributed by atoms with E-state index in [0.717, 1.165) is 36.5 Å². The molecule has 0 saturated carbocycles. The van der Waals surface area contributed by atoms with Crippen LogP contribution < -0.4 is 4.90 Å². The van der Waals surface area contributed by atoms with Gasteiger partial charge in [-0.1, -0.05) is 22.9 Å². The molecule has 3 rings (SSSR count). The predicted octanol–water partition coefficient (Wildman–Crippen LogP) is 3.04. The number of hydrogen-bond donors (Lipinski definition) is 1. The number of aromatic amines is 1. The molecule has 2 aromatic rings. The highest BCUT2D eigenvalue weighted by Crippen LogP contribution is 2.38. The van der Waals surface area contributed by atoms with Crippen LogP contribution in [0.4, 0.5) is 5.13 Å². The van der Waals surface area contributed by atoms with E-state index >= 15 is 0 Å². The van der Waals surface area contributed by atoms with Crippen molar-refractivity contribution >= 4 is 34.0 Å². The van der Waals surface area contributed by atoms with E-state index in [1.54, 1.807) is 0 Å². The Kier molecular flexibility index (Phi) is 4.12. The summed E-state index contributed by atoms with van der Waals surface area (Å²) in [6.07, 6.45) is 7.03. The Bertz CT molecular complexity index is 628. The van der Waals surface area contributed by atoms with Crippen molar-refractivity contribution in [2.24, 2.45) is 0 Å². The van der Waals surface area contributed by atoms with E-state index in [9.17, 15) is 4.79 Å². The summed E-state index contributed by atoms with van der Waals surface area (Å²) in [6, 6.07) is 0.213. The average Bonchev–Trinajstić information content (AvgIpc) is 3.16. The van der Waals surface area contributed by atoms with E-state index in [2.05, 4.69) is 20.1 Å². The normalized spacial score (nSPS) is 18.8. The first-order valence-corrected chi connectivity index (χ1v) is 7.90. The lowest BCUT2D eigenvalue weighted by Crippen LogP contribution is -2.33. The molecule has 21 heavy (non-hydrogen) atoms. The molecule has 1 saturated heterocycles. The number of nitrogens with one attached hydrogen (secondary N) is 1. The van der Waals surface area contributed by atoms with Crippen LogP contribution in [0.25, 0.3) is 0 Å². The van der Waals surface area contributed by atoms with Crippen molar-refractivity contribution in [3.8, 4) is 0 Å². The summed E-state index contributed by atoms with van der Waals surface area (Å²) in [5.74, 6) is -0.444. The first kappa shape index (κ1) is 14.3. The highest BCUT2D eigenvalue weighted by Gasteiger charge is 2.29. The molecule has 1 fully saturated rings. The van der Waals surface area contributed by atoms with E-state index in [0.29, 0.717) is 4.88 Å². The van der Waals surface area contributed by atoms with Gasteiger partial charge in [-0.3, -0.25) is 5.10 Å². The fourth-order valence-electron chi connectivity index (χ4n) is 2.58. The lowest BCUT2D eigenvalue weighted by Gasteiger charge is -2.35. The Labute approximate surface area is 131 Å². The molecule has 8 heteroatoms. The highest BCUT2D eigenvalue weighted by atomic mass is 35.5. The van der Waals surface area contributed by atoms with Gasteiger partial charge >= 0.3 is 5.97 Å². The molecule has 0 amide bonds. The molecule has 6 nitrogen and oxygen atoms in total. The fourth-order valence-corrected chi connectivity index (χ4v) is 3.86. The van der Waals surface area contributed by atoms with Crippen LogP contribution in [0.1, 0.15) is 40.5 Å². The van der Waals surface area contributed by atoms with E-state index in [-0.39, 0.29) is 11.2 Å². The number of anilines is 1. The van der Waals surface area contributed by atoms with Crippen molar-refractivity contribution in [2.75, 3.05) is 18.6 Å². The van der Waals surface area contributed by atoms with E-state index in [1.807, 2.05) is 12.4 Å². The molecule has 1 aliphatic heterocycles. The standard InChI is InChI=1S/C13H15ClN4O2S/c1-20-12(19)10-11(14)17-13(21-10)18-5-3-2-4-9(18)8-6-15-16-7-8/h6-7,9H,2-5H2,1H3,(H,15,16). The van der Waals surface area contributed by atoms with Crippen LogP contribution >= 0.6 is 22.9 Å². The molecule has 0 aliphatic carbocycles. The second kappa shape index (κ2) is 6.03. The zero-order chi connectivity index (χ0) is 14.8. The molecule has 0 bridgehead atoms. The van der Waals surface area contributed by atoms with Gasteiger partial charge in [0.1, 0.15) is 0 Å². The number of rotatable bonds is 3. The number of carbonyl (C=O) groups is 1. The first-order valence-electron chi connectivity index (χ1n) is 6.70. The van der Waals surface area contributed by atoms with Gasteiger partial charge in [-0.15, -0.1) is 0 Å². The quantitative estimate of drug-likeness (QED) is 0.878. The molecule has 1 aliphatic rings. The van der Waals surface area contributed by atoms with Gasteiger partial charge in [-0.25, -0.2) is 9.78 Å². The maximum atomic E-state index is 11.7. The van der Waals surface area contributed by atoms with Crippen LogP contribution in [0.3, 0.4) is 0 Å². The molecule has 112 valence electrons. The molecule has 0 aromatic carbocycles. The molecule has 3 heterocycles. The second-order valence-electron chi connectivity index (χ2n) is 4.84. The Morgan fingerprint density at radius 3 is 3.14 bits per heavy atom. The topological polar surface area (TPSA) is 71.1 Å². The minimum absolute atomic E-state index is 0.207. The number of nitrogens with zero attached hydrogens (tertiary/aromatic N) is 3. The average molecular weight is 327 g/mol. The van der Waals surface area contributed by atoms with Gasteiger partial charge < -0.3 is 9.64 Å². The highest BCUT2D eigenvalue weighted by molar-refractivity contribution is 7.18. The fraction of sp³-hybridized carbons (Fsp3) is 0.462. The predicted molar refractivity (Wildman–Crippen MR) is 81.0 cm³/mol. The number of ether oxygens (including phenoxy) is 1. The van der Waals surface area contributed by atoms with Crippen LogP contribution in [-0.4, -0.2) is 34.8 Å². The molecule has 1 atom stereocenters. The summed E-state index contributed by atoms with van der Waals surface area (Å²) < 4.78 is 4.73. The molecular formula is C13H15ClN4O2S. The monoisotopic (exact) mass is 326 g/mol. The summed E-state index contributed by atoms with van der Waals surface area (Å²) in [6.45, 7) is 0.889. The molecule has 0 spiro atoms. The summed E-state index contributed by atoms with van der Waals surface area (Å²) in [4.78, 5) is 18.6. The van der Waals surface area contributed by atoms with Crippen molar-refractivity contribution in [3.63, 3.8) is 0 Å². The van der Waals surface area contributed by atoms with Crippen LogP contribution in [0.15, 0.2) is 12.4 Å². The zero-order valence-electron chi connectivity index (χ0n) is 11.5. The number of methoxy groups -OCH3 is 1. The third-order valence-corrected chi connectivity index (χ3v) is 5.06. The molecule has 0 radical (unpaired) electrons. The maximum absolute atomic E-state index is 11.7. The maximum Gasteiger partial charge on any atom is 0.351 e. The Balaban J connectivity index is 1.92. The molecule has 1 N–H and O–H groups in total. The van der Waals surface area contributed by atoms with Crippen molar-refractivity contribution in [1.29, 1.82) is 0 Å². The van der Waals surface area contributed by atoms with E-state index in [1.165, 1.54) is 18.4 Å². The van der Waals surface area contributed by atoms with Gasteiger partial charge in [0, 0.05) is 18.3 Å². The number of hydrogen-bond acceptors (Lipinski definition) is 6. The Morgan fingerprint density at radius 1 is 1.57 bits per heavy atom. The lowest BCUT2D eigenvalue weighted by molar-refractivity contribution is 0.0606. The Morgan fingerprint density at radius 2 is 2.43 bits per heavy atom.